The molecule has 2 N–H and O–H groups in total. The van der Waals surface area contributed by atoms with Crippen LogP contribution in [0.5, 0.6) is 5.75 Å². The van der Waals surface area contributed by atoms with Crippen molar-refractivity contribution in [1.29, 1.82) is 0 Å². The van der Waals surface area contributed by atoms with Gasteiger partial charge in [0.25, 0.3) is 5.91 Å². The number of rotatable bonds is 6. The molecule has 3 aromatic rings. The Balaban J connectivity index is 0.00000256. The van der Waals surface area contributed by atoms with E-state index in [9.17, 15) is 4.79 Å². The summed E-state index contributed by atoms with van der Waals surface area (Å²) >= 11 is 0. The Morgan fingerprint density at radius 2 is 1.93 bits per heavy atom. The predicted molar refractivity (Wildman–Crippen MR) is 120 cm³/mol. The van der Waals surface area contributed by atoms with Crippen molar-refractivity contribution in [3.8, 4) is 5.75 Å². The summed E-state index contributed by atoms with van der Waals surface area (Å²) in [4.78, 5) is 13.4. The van der Waals surface area contributed by atoms with E-state index >= 15 is 0 Å². The van der Waals surface area contributed by atoms with Crippen LogP contribution < -0.4 is 15.4 Å². The molecule has 1 aromatic heterocycles. The molecule has 158 valence electrons. The minimum absolute atomic E-state index is 0. The minimum Gasteiger partial charge on any atom is -0.496 e. The maximum Gasteiger partial charge on any atom is 0.252 e. The largest absolute Gasteiger partial charge is 0.496 e. The average molecular weight is 427 g/mol. The number of nitrogens with one attached hydrogen (secondary N) is 2. The van der Waals surface area contributed by atoms with Crippen LogP contribution in [0.4, 0.5) is 5.69 Å². The second-order valence-corrected chi connectivity index (χ2v) is 7.38. The van der Waals surface area contributed by atoms with Gasteiger partial charge in [-0.15, -0.1) is 12.4 Å². The Bertz CT molecular complexity index is 955. The molecule has 6 nitrogen and oxygen atoms in total. The van der Waals surface area contributed by atoms with Crippen molar-refractivity contribution in [3.05, 3.63) is 78.1 Å². The maximum absolute atomic E-state index is 13.4. The fraction of sp³-hybridized carbons (Fsp3) is 0.304. The van der Waals surface area contributed by atoms with Gasteiger partial charge in [0.2, 0.25) is 0 Å². The number of methoxy groups -OCH3 is 1. The standard InChI is InChI=1S/C23H26N4O2.ClH/c1-29-21-9-8-20(17-19(21)16-18-6-3-2-4-7-18)26-22(28)23(10-13-24-14-11-23)27-15-5-12-25-27;/h2-9,12,15,17,24H,10-11,13-14,16H2,1H3,(H,26,28);1H. The number of aromatic nitrogens is 2. The predicted octanol–water partition coefficient (Wildman–Crippen LogP) is 3.62. The molecule has 0 bridgehead atoms. The van der Waals surface area contributed by atoms with Crippen LogP contribution in [-0.2, 0) is 16.8 Å². The summed E-state index contributed by atoms with van der Waals surface area (Å²) < 4.78 is 7.34. The fourth-order valence-electron chi connectivity index (χ4n) is 3.98. The zero-order valence-electron chi connectivity index (χ0n) is 17.0. The summed E-state index contributed by atoms with van der Waals surface area (Å²) in [5.41, 5.74) is 2.33. The van der Waals surface area contributed by atoms with Crippen LogP contribution in [0.25, 0.3) is 0 Å². The molecule has 0 spiro atoms. The molecule has 1 saturated heterocycles. The van der Waals surface area contributed by atoms with Gasteiger partial charge < -0.3 is 15.4 Å². The summed E-state index contributed by atoms with van der Waals surface area (Å²) in [6.07, 6.45) is 5.74. The molecule has 1 amide bonds. The zero-order valence-corrected chi connectivity index (χ0v) is 17.8. The quantitative estimate of drug-likeness (QED) is 0.631. The van der Waals surface area contributed by atoms with Gasteiger partial charge in [-0.1, -0.05) is 30.3 Å². The van der Waals surface area contributed by atoms with E-state index in [-0.39, 0.29) is 18.3 Å². The van der Waals surface area contributed by atoms with Crippen molar-refractivity contribution in [1.82, 2.24) is 15.1 Å². The molecule has 7 heteroatoms. The van der Waals surface area contributed by atoms with Gasteiger partial charge in [-0.25, -0.2) is 0 Å². The number of hydrogen-bond donors (Lipinski definition) is 2. The van der Waals surface area contributed by atoms with Crippen LogP contribution in [0.3, 0.4) is 0 Å². The van der Waals surface area contributed by atoms with Crippen LogP contribution in [0.1, 0.15) is 24.0 Å². The van der Waals surface area contributed by atoms with Gasteiger partial charge in [0.1, 0.15) is 11.3 Å². The third-order valence-corrected chi connectivity index (χ3v) is 5.57. The number of halogens is 1. The van der Waals surface area contributed by atoms with E-state index in [2.05, 4.69) is 27.9 Å². The van der Waals surface area contributed by atoms with Crippen molar-refractivity contribution >= 4 is 24.0 Å². The van der Waals surface area contributed by atoms with Crippen molar-refractivity contribution in [3.63, 3.8) is 0 Å². The van der Waals surface area contributed by atoms with Crippen molar-refractivity contribution in [2.45, 2.75) is 24.8 Å². The number of anilines is 1. The summed E-state index contributed by atoms with van der Waals surface area (Å²) in [6.45, 7) is 1.57. The number of amides is 1. The van der Waals surface area contributed by atoms with E-state index in [1.54, 1.807) is 18.0 Å². The highest BCUT2D eigenvalue weighted by Crippen LogP contribution is 2.30. The van der Waals surface area contributed by atoms with Crippen LogP contribution in [0.15, 0.2) is 67.0 Å². The van der Waals surface area contributed by atoms with Gasteiger partial charge in [-0.05, 0) is 55.8 Å². The van der Waals surface area contributed by atoms with Crippen LogP contribution >= 0.6 is 12.4 Å². The Hall–Kier alpha value is -2.83. The highest BCUT2D eigenvalue weighted by atomic mass is 35.5. The average Bonchev–Trinajstić information content (AvgIpc) is 3.31. The molecule has 1 fully saturated rings. The molecule has 0 radical (unpaired) electrons. The van der Waals surface area contributed by atoms with E-state index in [0.29, 0.717) is 12.8 Å². The monoisotopic (exact) mass is 426 g/mol. The molecule has 4 rings (SSSR count). The van der Waals surface area contributed by atoms with E-state index < -0.39 is 5.54 Å². The first kappa shape index (κ1) is 21.9. The number of piperidine rings is 1. The lowest BCUT2D eigenvalue weighted by atomic mass is 9.87. The smallest absolute Gasteiger partial charge is 0.252 e. The summed E-state index contributed by atoms with van der Waals surface area (Å²) in [6, 6.07) is 17.9. The molecule has 0 atom stereocenters. The van der Waals surface area contributed by atoms with Crippen molar-refractivity contribution in [2.24, 2.45) is 0 Å². The second-order valence-electron chi connectivity index (χ2n) is 7.38. The molecule has 0 unspecified atom stereocenters. The molecule has 0 saturated carbocycles. The molecule has 1 aliphatic heterocycles. The number of carbonyl (C=O) groups excluding carboxylic acids is 1. The normalized spacial score (nSPS) is 15.1. The first-order valence-corrected chi connectivity index (χ1v) is 9.94. The topological polar surface area (TPSA) is 68.2 Å². The fourth-order valence-corrected chi connectivity index (χ4v) is 3.98. The minimum atomic E-state index is -0.672. The van der Waals surface area contributed by atoms with Gasteiger partial charge in [0, 0.05) is 30.1 Å². The maximum atomic E-state index is 13.4. The van der Waals surface area contributed by atoms with Gasteiger partial charge in [-0.3, -0.25) is 9.48 Å². The third-order valence-electron chi connectivity index (χ3n) is 5.57. The van der Waals surface area contributed by atoms with E-state index in [1.807, 2.05) is 48.7 Å². The molecular weight excluding hydrogens is 400 g/mol. The number of ether oxygens (including phenoxy) is 1. The molecule has 1 aliphatic rings. The molecule has 2 aromatic carbocycles. The van der Waals surface area contributed by atoms with E-state index in [4.69, 9.17) is 4.74 Å². The number of carbonyl (C=O) groups is 1. The van der Waals surface area contributed by atoms with Crippen molar-refractivity contribution in [2.75, 3.05) is 25.5 Å². The van der Waals surface area contributed by atoms with Crippen LogP contribution in [-0.4, -0.2) is 35.9 Å². The summed E-state index contributed by atoms with van der Waals surface area (Å²) in [5.74, 6) is 0.786. The summed E-state index contributed by atoms with van der Waals surface area (Å²) in [7, 11) is 1.67. The lowest BCUT2D eigenvalue weighted by Gasteiger charge is -2.36. The third kappa shape index (κ3) is 4.50. The van der Waals surface area contributed by atoms with Crippen LogP contribution in [0.2, 0.25) is 0 Å². The van der Waals surface area contributed by atoms with E-state index in [0.717, 1.165) is 36.5 Å². The van der Waals surface area contributed by atoms with Gasteiger partial charge >= 0.3 is 0 Å². The van der Waals surface area contributed by atoms with Crippen molar-refractivity contribution < 1.29 is 9.53 Å². The number of hydrogen-bond acceptors (Lipinski definition) is 4. The second kappa shape index (κ2) is 9.78. The first-order chi connectivity index (χ1) is 14.2. The molecule has 2 heterocycles. The number of nitrogens with zero attached hydrogens (tertiary/aromatic N) is 2. The zero-order chi connectivity index (χ0) is 20.1. The highest BCUT2D eigenvalue weighted by Gasteiger charge is 2.42. The summed E-state index contributed by atoms with van der Waals surface area (Å²) in [5, 5.41) is 10.9. The molecular formula is C23H27ClN4O2. The van der Waals surface area contributed by atoms with Crippen LogP contribution in [0, 0.1) is 0 Å². The Kier molecular flexibility index (Phi) is 7.13. The lowest BCUT2D eigenvalue weighted by Crippen LogP contribution is -2.52. The van der Waals surface area contributed by atoms with E-state index in [1.165, 1.54) is 5.56 Å². The van der Waals surface area contributed by atoms with Gasteiger partial charge in [0.15, 0.2) is 0 Å². The van der Waals surface area contributed by atoms with Gasteiger partial charge in [-0.2, -0.15) is 5.10 Å². The lowest BCUT2D eigenvalue weighted by molar-refractivity contribution is -0.126. The SMILES string of the molecule is COc1ccc(NC(=O)C2(n3cccn3)CCNCC2)cc1Cc1ccccc1.Cl. The molecule has 30 heavy (non-hydrogen) atoms. The number of benzene rings is 2. The van der Waals surface area contributed by atoms with Gasteiger partial charge in [0.05, 0.1) is 7.11 Å². The first-order valence-electron chi connectivity index (χ1n) is 9.94. The Morgan fingerprint density at radius 1 is 1.17 bits per heavy atom. The molecule has 0 aliphatic carbocycles. The highest BCUT2D eigenvalue weighted by molar-refractivity contribution is 5.97. The Labute approximate surface area is 183 Å². The Morgan fingerprint density at radius 3 is 2.60 bits per heavy atom.